The molecule has 1 saturated carbocycles. The summed E-state index contributed by atoms with van der Waals surface area (Å²) in [7, 11) is 1.61. The summed E-state index contributed by atoms with van der Waals surface area (Å²) in [5.74, 6) is 2.38. The number of methoxy groups -OCH3 is 1. The van der Waals surface area contributed by atoms with Gasteiger partial charge < -0.3 is 20.1 Å². The lowest BCUT2D eigenvalue weighted by Gasteiger charge is -2.26. The third-order valence-corrected chi connectivity index (χ3v) is 6.77. The third-order valence-electron chi connectivity index (χ3n) is 6.41. The molecule has 1 fully saturated rings. The van der Waals surface area contributed by atoms with Gasteiger partial charge in [-0.1, -0.05) is 31.4 Å². The van der Waals surface area contributed by atoms with Crippen molar-refractivity contribution in [2.75, 3.05) is 38.7 Å². The van der Waals surface area contributed by atoms with Crippen molar-refractivity contribution < 1.29 is 14.3 Å². The molecule has 0 aromatic carbocycles. The molecule has 0 spiro atoms. The average molecular weight is 492 g/mol. The van der Waals surface area contributed by atoms with E-state index in [4.69, 9.17) is 21.1 Å². The number of hydrogen-bond donors (Lipinski definition) is 2. The van der Waals surface area contributed by atoms with Crippen LogP contribution >= 0.6 is 11.6 Å². The number of anilines is 1. The van der Waals surface area contributed by atoms with Crippen LogP contribution in [0.25, 0.3) is 11.3 Å². The van der Waals surface area contributed by atoms with Crippen molar-refractivity contribution in [2.45, 2.75) is 59.4 Å². The van der Waals surface area contributed by atoms with E-state index in [0.717, 1.165) is 31.7 Å². The summed E-state index contributed by atoms with van der Waals surface area (Å²) in [4.78, 5) is 17.5. The van der Waals surface area contributed by atoms with Gasteiger partial charge in [0.1, 0.15) is 11.6 Å². The van der Waals surface area contributed by atoms with E-state index in [9.17, 15) is 4.79 Å². The number of aryl methyl sites for hydroxylation is 1. The second-order valence-corrected chi connectivity index (χ2v) is 9.29. The topological polar surface area (TPSA) is 90.3 Å². The minimum atomic E-state index is -0.239. The van der Waals surface area contributed by atoms with Gasteiger partial charge in [-0.05, 0) is 44.9 Å². The Morgan fingerprint density at radius 1 is 1.26 bits per heavy atom. The molecule has 2 N–H and O–H groups in total. The summed E-state index contributed by atoms with van der Waals surface area (Å²) in [6, 6.07) is 1.84. The molecule has 0 saturated heterocycles. The van der Waals surface area contributed by atoms with Crippen molar-refractivity contribution >= 4 is 23.3 Å². The highest BCUT2D eigenvalue weighted by atomic mass is 35.5. The van der Waals surface area contributed by atoms with Gasteiger partial charge in [0.15, 0.2) is 5.69 Å². The van der Waals surface area contributed by atoms with Crippen molar-refractivity contribution in [1.82, 2.24) is 20.1 Å². The zero-order valence-corrected chi connectivity index (χ0v) is 21.6. The van der Waals surface area contributed by atoms with E-state index < -0.39 is 0 Å². The summed E-state index contributed by atoms with van der Waals surface area (Å²) in [5, 5.41) is 11.2. The van der Waals surface area contributed by atoms with Crippen LogP contribution in [0, 0.1) is 11.8 Å². The molecule has 2 aromatic rings. The lowest BCUT2D eigenvalue weighted by Crippen LogP contribution is -2.31. The predicted octanol–water partition coefficient (Wildman–Crippen LogP) is 5.02. The smallest absolute Gasteiger partial charge is 0.273 e. The number of nitrogens with zero attached hydrogens (tertiary/aromatic N) is 3. The van der Waals surface area contributed by atoms with Crippen molar-refractivity contribution in [3.05, 3.63) is 23.0 Å². The molecule has 0 radical (unpaired) electrons. The molecule has 1 aliphatic rings. The van der Waals surface area contributed by atoms with E-state index in [2.05, 4.69) is 27.6 Å². The van der Waals surface area contributed by atoms with Crippen LogP contribution in [-0.2, 0) is 11.3 Å². The number of carbonyl (C=O) groups excluding carboxylic acids is 1. The maximum Gasteiger partial charge on any atom is 0.273 e. The second-order valence-electron chi connectivity index (χ2n) is 8.91. The minimum absolute atomic E-state index is 0.239. The first-order valence-corrected chi connectivity index (χ1v) is 12.8. The Morgan fingerprint density at radius 3 is 2.71 bits per heavy atom. The van der Waals surface area contributed by atoms with Gasteiger partial charge in [0.05, 0.1) is 23.4 Å². The van der Waals surface area contributed by atoms with Gasteiger partial charge in [-0.3, -0.25) is 9.48 Å². The number of halogens is 1. The number of carbonyl (C=O) groups is 1. The molecule has 0 aliphatic heterocycles. The zero-order chi connectivity index (χ0) is 24.5. The van der Waals surface area contributed by atoms with Crippen LogP contribution in [0.2, 0.25) is 5.02 Å². The van der Waals surface area contributed by atoms with E-state index in [0.29, 0.717) is 60.1 Å². The molecule has 2 aromatic heterocycles. The molecule has 8 nitrogen and oxygen atoms in total. The Hall–Kier alpha value is -2.32. The Balaban J connectivity index is 1.74. The minimum Gasteiger partial charge on any atom is -0.496 e. The van der Waals surface area contributed by atoms with Crippen molar-refractivity contribution in [3.8, 4) is 17.0 Å². The Kier molecular flexibility index (Phi) is 10.0. The normalized spacial score (nSPS) is 18.0. The van der Waals surface area contributed by atoms with Crippen LogP contribution in [-0.4, -0.2) is 54.1 Å². The van der Waals surface area contributed by atoms with Gasteiger partial charge in [0.2, 0.25) is 0 Å². The van der Waals surface area contributed by atoms with Crippen LogP contribution in [0.3, 0.4) is 0 Å². The lowest BCUT2D eigenvalue weighted by molar-refractivity contribution is 0.0936. The van der Waals surface area contributed by atoms with E-state index in [1.807, 2.05) is 19.9 Å². The number of hydrogen-bond acceptors (Lipinski definition) is 6. The molecule has 188 valence electrons. The number of ether oxygens (including phenoxy) is 2. The van der Waals surface area contributed by atoms with E-state index in [-0.39, 0.29) is 11.6 Å². The number of aromatic nitrogens is 3. The summed E-state index contributed by atoms with van der Waals surface area (Å²) < 4.78 is 12.7. The van der Waals surface area contributed by atoms with E-state index >= 15 is 0 Å². The Morgan fingerprint density at radius 2 is 2.03 bits per heavy atom. The van der Waals surface area contributed by atoms with Crippen LogP contribution in [0.5, 0.6) is 5.75 Å². The van der Waals surface area contributed by atoms with Crippen LogP contribution in [0.1, 0.15) is 63.4 Å². The molecule has 0 atom stereocenters. The van der Waals surface area contributed by atoms with Crippen LogP contribution < -0.4 is 15.4 Å². The maximum absolute atomic E-state index is 12.9. The fourth-order valence-electron chi connectivity index (χ4n) is 4.34. The monoisotopic (exact) mass is 491 g/mol. The highest BCUT2D eigenvalue weighted by Crippen LogP contribution is 2.37. The van der Waals surface area contributed by atoms with Gasteiger partial charge in [0.25, 0.3) is 5.91 Å². The Bertz CT molecular complexity index is 941. The fraction of sp³-hybridized carbons (Fsp3) is 0.640. The summed E-state index contributed by atoms with van der Waals surface area (Å²) in [6.45, 7) is 9.62. The predicted molar refractivity (Wildman–Crippen MR) is 136 cm³/mol. The van der Waals surface area contributed by atoms with Crippen LogP contribution in [0.4, 0.5) is 5.82 Å². The molecule has 0 bridgehead atoms. The zero-order valence-electron chi connectivity index (χ0n) is 20.8. The van der Waals surface area contributed by atoms with Gasteiger partial charge >= 0.3 is 0 Å². The Labute approximate surface area is 207 Å². The number of pyridine rings is 1. The van der Waals surface area contributed by atoms with Crippen molar-refractivity contribution in [2.24, 2.45) is 11.8 Å². The quantitative estimate of drug-likeness (QED) is 0.405. The number of nitrogens with one attached hydrogen (secondary N) is 2. The first-order chi connectivity index (χ1) is 16.5. The van der Waals surface area contributed by atoms with Crippen molar-refractivity contribution in [1.29, 1.82) is 0 Å². The summed E-state index contributed by atoms with van der Waals surface area (Å²) in [6.07, 6.45) is 7.34. The van der Waals surface area contributed by atoms with Crippen molar-refractivity contribution in [3.63, 3.8) is 0 Å². The maximum atomic E-state index is 12.9. The molecule has 1 amide bonds. The largest absolute Gasteiger partial charge is 0.496 e. The summed E-state index contributed by atoms with van der Waals surface area (Å²) in [5.41, 5.74) is 1.57. The fourth-order valence-corrected chi connectivity index (χ4v) is 4.66. The first kappa shape index (κ1) is 26.3. The molecular weight excluding hydrogens is 454 g/mol. The number of amides is 1. The highest BCUT2D eigenvalue weighted by molar-refractivity contribution is 6.36. The standard InChI is InChI=1S/C25H38ClN5O3/c1-5-31-24(19-16-28-21(14-20(19)33-4)27-12-7-13-34-6-2)22(26)23(30-31)25(32)29-15-18-10-8-17(3)9-11-18/h14,16-18H,5-13,15H2,1-4H3,(H,27,28)(H,29,32). The van der Waals surface area contributed by atoms with Gasteiger partial charge in [-0.25, -0.2) is 4.98 Å². The third kappa shape index (κ3) is 6.63. The van der Waals surface area contributed by atoms with Crippen LogP contribution in [0.15, 0.2) is 12.3 Å². The number of rotatable bonds is 12. The highest BCUT2D eigenvalue weighted by Gasteiger charge is 2.26. The second kappa shape index (κ2) is 13.0. The van der Waals surface area contributed by atoms with Gasteiger partial charge in [0, 0.05) is 45.1 Å². The van der Waals surface area contributed by atoms with Gasteiger partial charge in [-0.15, -0.1) is 0 Å². The van der Waals surface area contributed by atoms with E-state index in [1.165, 1.54) is 12.8 Å². The average Bonchev–Trinajstić information content (AvgIpc) is 3.19. The molecule has 1 aliphatic carbocycles. The van der Waals surface area contributed by atoms with Gasteiger partial charge in [-0.2, -0.15) is 5.10 Å². The molecular formula is C25H38ClN5O3. The summed E-state index contributed by atoms with van der Waals surface area (Å²) >= 11 is 6.72. The van der Waals surface area contributed by atoms with E-state index in [1.54, 1.807) is 18.0 Å². The molecule has 0 unspecified atom stereocenters. The molecule has 2 heterocycles. The first-order valence-electron chi connectivity index (χ1n) is 12.4. The molecule has 34 heavy (non-hydrogen) atoms. The lowest BCUT2D eigenvalue weighted by atomic mass is 9.83. The molecule has 3 rings (SSSR count). The SMILES string of the molecule is CCOCCCNc1cc(OC)c(-c2c(Cl)c(C(=O)NCC3CCC(C)CC3)nn2CC)cn1. The molecule has 9 heteroatoms.